The van der Waals surface area contributed by atoms with Crippen LogP contribution in [0.2, 0.25) is 0 Å². The van der Waals surface area contributed by atoms with Crippen LogP contribution < -0.4 is 21.1 Å². The molecule has 5 aliphatic rings. The molecule has 47 heavy (non-hydrogen) atoms. The lowest BCUT2D eigenvalue weighted by Crippen LogP contribution is -2.59. The summed E-state index contributed by atoms with van der Waals surface area (Å²) in [4.78, 5) is 45.3. The summed E-state index contributed by atoms with van der Waals surface area (Å²) in [5.74, 6) is 2.43. The number of ether oxygens (including phenoxy) is 1. The van der Waals surface area contributed by atoms with E-state index in [4.69, 9.17) is 15.5 Å². The number of carbonyl (C=O) groups excluding carboxylic acids is 3. The van der Waals surface area contributed by atoms with Gasteiger partial charge in [0, 0.05) is 54.7 Å². The molecule has 2 saturated heterocycles. The van der Waals surface area contributed by atoms with E-state index in [1.165, 1.54) is 23.9 Å². The van der Waals surface area contributed by atoms with Crippen LogP contribution in [-0.2, 0) is 18.4 Å². The Labute approximate surface area is 272 Å². The summed E-state index contributed by atoms with van der Waals surface area (Å²) in [7, 11) is 3.67. The molecule has 4 heterocycles. The molecule has 5 fully saturated rings. The van der Waals surface area contributed by atoms with Crippen molar-refractivity contribution in [2.45, 2.75) is 75.5 Å². The van der Waals surface area contributed by atoms with Gasteiger partial charge in [0.2, 0.25) is 5.91 Å². The van der Waals surface area contributed by atoms with E-state index >= 15 is 0 Å². The molecule has 2 aromatic carbocycles. The van der Waals surface area contributed by atoms with Crippen molar-refractivity contribution < 1.29 is 19.1 Å². The van der Waals surface area contributed by atoms with Gasteiger partial charge >= 0.3 is 6.03 Å². The topological polar surface area (TPSA) is 137 Å². The fourth-order valence-electron chi connectivity index (χ4n) is 9.09. The quantitative estimate of drug-likeness (QED) is 0.290. The van der Waals surface area contributed by atoms with Gasteiger partial charge in [0.1, 0.15) is 11.3 Å². The SMILES string of the molecule is COc1cc(C(=O)N2CC3CCC2[C@@H]3N)cc2nc(-c3cc4ccc(C5CCC6C(=O)NC(=O)NC6C5)cc4n3CC3CC3)n(C)c12. The number of nitrogens with zero attached hydrogens (tertiary/aromatic N) is 4. The summed E-state index contributed by atoms with van der Waals surface area (Å²) < 4.78 is 10.4. The van der Waals surface area contributed by atoms with Crippen molar-refractivity contribution in [3.05, 3.63) is 47.5 Å². The zero-order chi connectivity index (χ0) is 32.1. The Bertz CT molecular complexity index is 1970. The number of methoxy groups -OCH3 is 1. The number of imide groups is 1. The Morgan fingerprint density at radius 1 is 1.06 bits per heavy atom. The maximum Gasteiger partial charge on any atom is 0.321 e. The Kier molecular flexibility index (Phi) is 6.48. The van der Waals surface area contributed by atoms with Gasteiger partial charge in [-0.15, -0.1) is 0 Å². The van der Waals surface area contributed by atoms with Crippen LogP contribution in [0.3, 0.4) is 0 Å². The highest BCUT2D eigenvalue weighted by molar-refractivity contribution is 6.01. The Balaban J connectivity index is 1.09. The van der Waals surface area contributed by atoms with Crippen LogP contribution in [0.15, 0.2) is 36.4 Å². The molecule has 244 valence electrons. The minimum atomic E-state index is -0.391. The zero-order valence-electron chi connectivity index (χ0n) is 26.9. The number of urea groups is 1. The van der Waals surface area contributed by atoms with Crippen LogP contribution in [0.25, 0.3) is 33.5 Å². The number of piperidine rings is 1. The van der Waals surface area contributed by atoms with Crippen molar-refractivity contribution in [2.75, 3.05) is 13.7 Å². The van der Waals surface area contributed by atoms with Crippen LogP contribution in [0.1, 0.15) is 66.8 Å². The maximum atomic E-state index is 13.8. The van der Waals surface area contributed by atoms with Gasteiger partial charge in [-0.3, -0.25) is 14.9 Å². The molecule has 2 aliphatic heterocycles. The van der Waals surface area contributed by atoms with E-state index < -0.39 is 6.03 Å². The molecule has 0 spiro atoms. The Hall–Kier alpha value is -4.38. The first-order valence-corrected chi connectivity index (χ1v) is 17.1. The summed E-state index contributed by atoms with van der Waals surface area (Å²) in [6, 6.07) is 12.3. The molecule has 0 radical (unpaired) electrons. The van der Waals surface area contributed by atoms with Gasteiger partial charge in [-0.1, -0.05) is 12.1 Å². The summed E-state index contributed by atoms with van der Waals surface area (Å²) in [6.45, 7) is 1.63. The summed E-state index contributed by atoms with van der Waals surface area (Å²) >= 11 is 0. The molecule has 9 rings (SSSR count). The smallest absolute Gasteiger partial charge is 0.321 e. The van der Waals surface area contributed by atoms with Crippen molar-refractivity contribution in [1.29, 1.82) is 0 Å². The molecule has 4 aromatic rings. The molecule has 2 bridgehead atoms. The molecule has 4 amide bonds. The number of benzene rings is 2. The van der Waals surface area contributed by atoms with E-state index in [0.29, 0.717) is 29.7 Å². The number of amides is 4. The highest BCUT2D eigenvalue weighted by atomic mass is 16.5. The van der Waals surface area contributed by atoms with E-state index in [-0.39, 0.29) is 41.8 Å². The van der Waals surface area contributed by atoms with Crippen LogP contribution >= 0.6 is 0 Å². The maximum absolute atomic E-state index is 13.8. The Morgan fingerprint density at radius 3 is 2.66 bits per heavy atom. The minimum Gasteiger partial charge on any atom is -0.494 e. The van der Waals surface area contributed by atoms with Crippen molar-refractivity contribution >= 4 is 39.8 Å². The largest absolute Gasteiger partial charge is 0.494 e. The fourth-order valence-corrected chi connectivity index (χ4v) is 9.09. The first kappa shape index (κ1) is 28.8. The summed E-state index contributed by atoms with van der Waals surface area (Å²) in [6.07, 6.45) is 6.91. The third kappa shape index (κ3) is 4.57. The van der Waals surface area contributed by atoms with Crippen LogP contribution in [0.4, 0.5) is 4.79 Å². The number of hydrogen-bond donors (Lipinski definition) is 3. The number of imidazole rings is 1. The van der Waals surface area contributed by atoms with Crippen molar-refractivity contribution in [2.24, 2.45) is 30.5 Å². The zero-order valence-corrected chi connectivity index (χ0v) is 26.9. The minimum absolute atomic E-state index is 0.00196. The predicted molar refractivity (Wildman–Crippen MR) is 177 cm³/mol. The molecular formula is C36H41N7O4. The molecule has 4 N–H and O–H groups in total. The number of nitrogens with two attached hydrogens (primary N) is 1. The van der Waals surface area contributed by atoms with E-state index in [1.54, 1.807) is 7.11 Å². The number of rotatable bonds is 6. The van der Waals surface area contributed by atoms with E-state index in [1.807, 2.05) is 24.1 Å². The second-order valence-electron chi connectivity index (χ2n) is 14.6. The monoisotopic (exact) mass is 635 g/mol. The van der Waals surface area contributed by atoms with E-state index in [0.717, 1.165) is 66.6 Å². The second kappa shape index (κ2) is 10.6. The number of fused-ring (bicyclic) bond motifs is 5. The van der Waals surface area contributed by atoms with Crippen molar-refractivity contribution in [1.82, 2.24) is 29.7 Å². The molecule has 11 nitrogen and oxygen atoms in total. The van der Waals surface area contributed by atoms with Crippen LogP contribution in [-0.4, -0.2) is 68.6 Å². The summed E-state index contributed by atoms with van der Waals surface area (Å²) in [5.41, 5.74) is 12.1. The van der Waals surface area contributed by atoms with Gasteiger partial charge in [0.25, 0.3) is 5.91 Å². The third-order valence-electron chi connectivity index (χ3n) is 11.8. The highest BCUT2D eigenvalue weighted by Crippen LogP contribution is 2.42. The number of nitrogens with one attached hydrogen (secondary N) is 2. The molecule has 3 aliphatic carbocycles. The number of aryl methyl sites for hydroxylation is 1. The number of carbonyl (C=O) groups is 3. The van der Waals surface area contributed by atoms with Crippen molar-refractivity contribution in [3.8, 4) is 17.3 Å². The van der Waals surface area contributed by atoms with Crippen LogP contribution in [0.5, 0.6) is 5.75 Å². The average molecular weight is 636 g/mol. The normalized spacial score (nSPS) is 28.5. The van der Waals surface area contributed by atoms with Gasteiger partial charge in [0.05, 0.1) is 24.2 Å². The first-order valence-electron chi connectivity index (χ1n) is 17.1. The molecule has 11 heteroatoms. The average Bonchev–Trinajstić information content (AvgIpc) is 3.47. The fraction of sp³-hybridized carbons (Fsp3) is 0.500. The molecular weight excluding hydrogens is 594 g/mol. The molecule has 5 unspecified atom stereocenters. The van der Waals surface area contributed by atoms with Gasteiger partial charge in [0.15, 0.2) is 5.82 Å². The van der Waals surface area contributed by atoms with Crippen LogP contribution in [0, 0.1) is 17.8 Å². The predicted octanol–water partition coefficient (Wildman–Crippen LogP) is 4.27. The first-order chi connectivity index (χ1) is 22.8. The number of aromatic nitrogens is 3. The number of hydrogen-bond acceptors (Lipinski definition) is 6. The highest BCUT2D eigenvalue weighted by Gasteiger charge is 2.47. The lowest BCUT2D eigenvalue weighted by molar-refractivity contribution is -0.126. The number of likely N-dealkylation sites (tertiary alicyclic amines) is 1. The van der Waals surface area contributed by atoms with Crippen molar-refractivity contribution in [3.63, 3.8) is 0 Å². The Morgan fingerprint density at radius 2 is 1.91 bits per heavy atom. The van der Waals surface area contributed by atoms with E-state index in [9.17, 15) is 14.4 Å². The molecule has 2 aromatic heterocycles. The lowest BCUT2D eigenvalue weighted by Gasteiger charge is -2.38. The standard InChI is InChI=1S/C36H41N7O4/c1-41-32-26(12-23(15-30(32)47-2)35(45)43-17-22-8-10-27(43)31(22)37)38-33(41)29-14-21-6-5-20(13-28(21)42(29)16-18-3-4-18)19-7-9-24-25(11-19)39-36(46)40-34(24)44/h5-6,12-15,18-19,22,24-25,27,31H,3-4,7-11,16-17,37H2,1-2H3,(H2,39,40,44,46)/t19?,22?,24?,25?,27?,31-/m1/s1. The third-order valence-corrected chi connectivity index (χ3v) is 11.8. The van der Waals surface area contributed by atoms with E-state index in [2.05, 4.69) is 44.0 Å². The molecule has 3 saturated carbocycles. The second-order valence-corrected chi connectivity index (χ2v) is 14.6. The lowest BCUT2D eigenvalue weighted by atomic mass is 9.74. The van der Waals surface area contributed by atoms with Gasteiger partial charge < -0.3 is 29.8 Å². The van der Waals surface area contributed by atoms with Gasteiger partial charge in [-0.05, 0) is 92.5 Å². The van der Waals surface area contributed by atoms with Gasteiger partial charge in [-0.2, -0.15) is 0 Å². The van der Waals surface area contributed by atoms with Gasteiger partial charge in [-0.25, -0.2) is 9.78 Å². The molecule has 6 atom stereocenters. The summed E-state index contributed by atoms with van der Waals surface area (Å²) in [5, 5.41) is 6.57.